The SMILES string of the molecule is CC(C)S(=O)(=O)N1CC2(CC(Oc3ncccc3F)CS2)C1.O=C(O)C(F)(F)F. The van der Waals surface area contributed by atoms with Gasteiger partial charge in [0.25, 0.3) is 5.88 Å². The molecule has 0 aliphatic carbocycles. The third-order valence-corrected chi connectivity index (χ3v) is 8.05. The molecular formula is C16H20F4N2O5S2. The van der Waals surface area contributed by atoms with E-state index < -0.39 is 33.2 Å². The minimum absolute atomic E-state index is 0.0242. The highest BCUT2D eigenvalue weighted by Gasteiger charge is 2.53. The van der Waals surface area contributed by atoms with Crippen LogP contribution < -0.4 is 4.74 Å². The van der Waals surface area contributed by atoms with Gasteiger partial charge in [-0.1, -0.05) is 0 Å². The molecule has 1 aromatic rings. The van der Waals surface area contributed by atoms with Crippen LogP contribution in [0.4, 0.5) is 17.6 Å². The molecular weight excluding hydrogens is 440 g/mol. The normalized spacial score (nSPS) is 21.4. The molecule has 7 nitrogen and oxygen atoms in total. The quantitative estimate of drug-likeness (QED) is 0.690. The van der Waals surface area contributed by atoms with E-state index in [0.29, 0.717) is 13.1 Å². The van der Waals surface area contributed by atoms with Crippen LogP contribution in [0.15, 0.2) is 18.3 Å². The van der Waals surface area contributed by atoms with Gasteiger partial charge in [-0.2, -0.15) is 17.5 Å². The van der Waals surface area contributed by atoms with Crippen molar-refractivity contribution in [2.75, 3.05) is 18.8 Å². The van der Waals surface area contributed by atoms with Crippen LogP contribution in [0.1, 0.15) is 20.3 Å². The zero-order chi connectivity index (χ0) is 22.0. The topological polar surface area (TPSA) is 96.8 Å². The van der Waals surface area contributed by atoms with Crippen LogP contribution in [-0.4, -0.2) is 69.9 Å². The Kier molecular flexibility index (Phi) is 7.05. The van der Waals surface area contributed by atoms with Gasteiger partial charge < -0.3 is 9.84 Å². The van der Waals surface area contributed by atoms with Gasteiger partial charge in [0.05, 0.1) is 5.25 Å². The lowest BCUT2D eigenvalue weighted by Gasteiger charge is -2.46. The second-order valence-corrected chi connectivity index (χ2v) is 10.9. The molecule has 13 heteroatoms. The van der Waals surface area contributed by atoms with Gasteiger partial charge in [-0.25, -0.2) is 22.6 Å². The van der Waals surface area contributed by atoms with E-state index >= 15 is 0 Å². The number of hydrogen-bond donors (Lipinski definition) is 1. The lowest BCUT2D eigenvalue weighted by Crippen LogP contribution is -2.61. The number of thioether (sulfide) groups is 1. The lowest BCUT2D eigenvalue weighted by molar-refractivity contribution is -0.192. The lowest BCUT2D eigenvalue weighted by atomic mass is 9.95. The van der Waals surface area contributed by atoms with Gasteiger partial charge in [0.1, 0.15) is 6.10 Å². The molecule has 3 heterocycles. The van der Waals surface area contributed by atoms with Crippen molar-refractivity contribution in [3.8, 4) is 5.88 Å². The maximum atomic E-state index is 13.6. The maximum absolute atomic E-state index is 13.6. The monoisotopic (exact) mass is 460 g/mol. The molecule has 0 bridgehead atoms. The van der Waals surface area contributed by atoms with E-state index in [1.807, 2.05) is 0 Å². The molecule has 1 aromatic heterocycles. The Morgan fingerprint density at radius 2 is 2.00 bits per heavy atom. The van der Waals surface area contributed by atoms with Gasteiger partial charge in [-0.05, 0) is 26.0 Å². The Morgan fingerprint density at radius 1 is 1.41 bits per heavy atom. The van der Waals surface area contributed by atoms with Crippen molar-refractivity contribution >= 4 is 27.8 Å². The molecule has 0 aromatic carbocycles. The number of aromatic nitrogens is 1. The number of carboxylic acids is 1. The molecule has 1 spiro atoms. The first-order chi connectivity index (χ1) is 13.3. The number of pyridine rings is 1. The minimum atomic E-state index is -5.08. The average Bonchev–Trinajstić information content (AvgIpc) is 2.99. The van der Waals surface area contributed by atoms with Crippen molar-refractivity contribution in [3.05, 3.63) is 24.1 Å². The van der Waals surface area contributed by atoms with Crippen LogP contribution in [0.2, 0.25) is 0 Å². The van der Waals surface area contributed by atoms with Crippen molar-refractivity contribution in [1.82, 2.24) is 9.29 Å². The summed E-state index contributed by atoms with van der Waals surface area (Å²) in [6.07, 6.45) is -2.99. The Balaban J connectivity index is 0.000000370. The Hall–Kier alpha value is -1.60. The summed E-state index contributed by atoms with van der Waals surface area (Å²) in [5.41, 5.74) is 0. The molecule has 164 valence electrons. The van der Waals surface area contributed by atoms with E-state index in [2.05, 4.69) is 4.98 Å². The number of hydrogen-bond acceptors (Lipinski definition) is 6. The van der Waals surface area contributed by atoms with Crippen molar-refractivity contribution in [3.63, 3.8) is 0 Å². The smallest absolute Gasteiger partial charge is 0.475 e. The number of carbonyl (C=O) groups is 1. The van der Waals surface area contributed by atoms with Crippen molar-refractivity contribution in [1.29, 1.82) is 0 Å². The van der Waals surface area contributed by atoms with Crippen LogP contribution >= 0.6 is 11.8 Å². The molecule has 2 aliphatic heterocycles. The molecule has 1 unspecified atom stereocenters. The zero-order valence-electron chi connectivity index (χ0n) is 15.5. The molecule has 0 amide bonds. The summed E-state index contributed by atoms with van der Waals surface area (Å²) in [7, 11) is -3.18. The molecule has 0 radical (unpaired) electrons. The van der Waals surface area contributed by atoms with Crippen LogP contribution in [0.25, 0.3) is 0 Å². The Morgan fingerprint density at radius 3 is 2.48 bits per heavy atom. The number of sulfonamides is 1. The van der Waals surface area contributed by atoms with Crippen molar-refractivity contribution in [2.24, 2.45) is 0 Å². The van der Waals surface area contributed by atoms with Gasteiger partial charge in [0, 0.05) is 36.2 Å². The van der Waals surface area contributed by atoms with E-state index in [0.717, 1.165) is 12.2 Å². The third-order valence-electron chi connectivity index (χ3n) is 4.31. The van der Waals surface area contributed by atoms with Gasteiger partial charge in [0.15, 0.2) is 5.82 Å². The van der Waals surface area contributed by atoms with Crippen LogP contribution in [0.3, 0.4) is 0 Å². The standard InChI is InChI=1S/C14H19FN2O3S2.C2HF3O2/c1-10(2)22(18,19)17-8-14(9-17)6-11(7-21-14)20-13-12(15)4-3-5-16-13;3-2(4,5)1(6)7/h3-5,10-11H,6-9H2,1-2H3;(H,6,7). The summed E-state index contributed by atoms with van der Waals surface area (Å²) in [6, 6.07) is 2.84. The summed E-state index contributed by atoms with van der Waals surface area (Å²) in [5.74, 6) is -2.47. The number of rotatable bonds is 4. The van der Waals surface area contributed by atoms with Crippen LogP contribution in [0.5, 0.6) is 5.88 Å². The summed E-state index contributed by atoms with van der Waals surface area (Å²) >= 11 is 1.71. The first-order valence-electron chi connectivity index (χ1n) is 8.47. The average molecular weight is 460 g/mol. The number of halogens is 4. The molecule has 1 N–H and O–H groups in total. The fraction of sp³-hybridized carbons (Fsp3) is 0.625. The van der Waals surface area contributed by atoms with Gasteiger partial charge >= 0.3 is 12.1 Å². The Labute approximate surface area is 169 Å². The van der Waals surface area contributed by atoms with Crippen molar-refractivity contribution in [2.45, 2.75) is 42.5 Å². The van der Waals surface area contributed by atoms with E-state index in [-0.39, 0.29) is 16.7 Å². The predicted molar refractivity (Wildman–Crippen MR) is 97.7 cm³/mol. The highest BCUT2D eigenvalue weighted by atomic mass is 32.2. The van der Waals surface area contributed by atoms with E-state index in [1.165, 1.54) is 22.6 Å². The molecule has 29 heavy (non-hydrogen) atoms. The fourth-order valence-corrected chi connectivity index (χ4v) is 5.93. The molecule has 0 saturated carbocycles. The predicted octanol–water partition coefficient (Wildman–Crippen LogP) is 2.53. The molecule has 1 atom stereocenters. The molecule has 3 rings (SSSR count). The summed E-state index contributed by atoms with van der Waals surface area (Å²) < 4.78 is 76.6. The summed E-state index contributed by atoms with van der Waals surface area (Å²) in [4.78, 5) is 12.8. The van der Waals surface area contributed by atoms with Gasteiger partial charge in [-0.15, -0.1) is 11.8 Å². The molecule has 2 saturated heterocycles. The largest absolute Gasteiger partial charge is 0.490 e. The Bertz CT molecular complexity index is 842. The maximum Gasteiger partial charge on any atom is 0.490 e. The summed E-state index contributed by atoms with van der Waals surface area (Å²) in [5, 5.41) is 6.73. The second-order valence-electron chi connectivity index (χ2n) is 6.89. The van der Waals surface area contributed by atoms with E-state index in [4.69, 9.17) is 14.6 Å². The van der Waals surface area contributed by atoms with Crippen LogP contribution in [0, 0.1) is 5.82 Å². The number of alkyl halides is 3. The van der Waals surface area contributed by atoms with Gasteiger partial charge in [-0.3, -0.25) is 0 Å². The first-order valence-corrected chi connectivity index (χ1v) is 11.0. The number of ether oxygens (including phenoxy) is 1. The fourth-order valence-electron chi connectivity index (χ4n) is 2.79. The number of carboxylic acid groups (broad SMARTS) is 1. The minimum Gasteiger partial charge on any atom is -0.475 e. The van der Waals surface area contributed by atoms with Crippen molar-refractivity contribution < 1.29 is 40.6 Å². The summed E-state index contributed by atoms with van der Waals surface area (Å²) in [6.45, 7) is 4.42. The van der Waals surface area contributed by atoms with E-state index in [9.17, 15) is 26.0 Å². The van der Waals surface area contributed by atoms with Crippen LogP contribution in [-0.2, 0) is 14.8 Å². The third kappa shape index (κ3) is 5.72. The first kappa shape index (κ1) is 23.7. The van der Waals surface area contributed by atoms with E-state index in [1.54, 1.807) is 25.6 Å². The van der Waals surface area contributed by atoms with Gasteiger partial charge in [0.2, 0.25) is 10.0 Å². The number of nitrogens with zero attached hydrogens (tertiary/aromatic N) is 2. The highest BCUT2D eigenvalue weighted by molar-refractivity contribution is 8.01. The zero-order valence-corrected chi connectivity index (χ0v) is 17.2. The molecule has 2 aliphatic rings. The highest BCUT2D eigenvalue weighted by Crippen LogP contribution is 2.47. The molecule has 2 fully saturated rings. The number of aliphatic carboxylic acids is 1. The second kappa shape index (κ2) is 8.64.